The molecule has 1 heterocycles. The molecule has 0 bridgehead atoms. The van der Waals surface area contributed by atoms with Gasteiger partial charge in [0.05, 0.1) is 19.6 Å². The van der Waals surface area contributed by atoms with Crippen LogP contribution in [0.25, 0.3) is 11.0 Å². The van der Waals surface area contributed by atoms with Crippen molar-refractivity contribution < 1.29 is 23.4 Å². The second-order valence-corrected chi connectivity index (χ2v) is 7.96. The Morgan fingerprint density at radius 3 is 2.54 bits per heavy atom. The van der Waals surface area contributed by atoms with E-state index in [4.69, 9.17) is 18.6 Å². The minimum Gasteiger partial charge on any atom is -0.496 e. The summed E-state index contributed by atoms with van der Waals surface area (Å²) in [6.45, 7) is 6.45. The molecule has 0 spiro atoms. The van der Waals surface area contributed by atoms with E-state index in [2.05, 4.69) is 20.8 Å². The maximum absolute atomic E-state index is 12.8. The van der Waals surface area contributed by atoms with Crippen molar-refractivity contribution in [2.24, 2.45) is 17.8 Å². The Hall–Kier alpha value is -2.50. The van der Waals surface area contributed by atoms with Crippen molar-refractivity contribution in [3.8, 4) is 11.5 Å². The highest BCUT2D eigenvalue weighted by Crippen LogP contribution is 2.36. The van der Waals surface area contributed by atoms with Crippen LogP contribution in [0.2, 0.25) is 0 Å². The lowest BCUT2D eigenvalue weighted by atomic mass is 9.75. The zero-order valence-corrected chi connectivity index (χ0v) is 17.1. The van der Waals surface area contributed by atoms with Crippen molar-refractivity contribution in [3.05, 3.63) is 34.2 Å². The molecule has 1 fully saturated rings. The first-order chi connectivity index (χ1) is 13.3. The molecule has 1 aromatic carbocycles. The fourth-order valence-corrected chi connectivity index (χ4v) is 4.04. The third-order valence-electron chi connectivity index (χ3n) is 5.68. The predicted molar refractivity (Wildman–Crippen MR) is 106 cm³/mol. The van der Waals surface area contributed by atoms with E-state index in [1.807, 2.05) is 0 Å². The minimum absolute atomic E-state index is 0.114. The summed E-state index contributed by atoms with van der Waals surface area (Å²) in [4.78, 5) is 25.3. The fourth-order valence-electron chi connectivity index (χ4n) is 4.04. The first kappa shape index (κ1) is 20.2. The van der Waals surface area contributed by atoms with E-state index in [0.29, 0.717) is 40.2 Å². The Balaban J connectivity index is 1.95. The molecule has 28 heavy (non-hydrogen) atoms. The van der Waals surface area contributed by atoms with Gasteiger partial charge in [0.15, 0.2) is 0 Å². The van der Waals surface area contributed by atoms with E-state index in [-0.39, 0.29) is 11.7 Å². The van der Waals surface area contributed by atoms with E-state index in [0.717, 1.165) is 19.3 Å². The zero-order valence-electron chi connectivity index (χ0n) is 17.1. The molecule has 0 radical (unpaired) electrons. The zero-order chi connectivity index (χ0) is 20.4. The average molecular weight is 388 g/mol. The van der Waals surface area contributed by atoms with Crippen molar-refractivity contribution >= 4 is 16.9 Å². The second-order valence-electron chi connectivity index (χ2n) is 7.96. The Morgan fingerprint density at radius 1 is 1.14 bits per heavy atom. The molecule has 3 rings (SSSR count). The summed E-state index contributed by atoms with van der Waals surface area (Å²) in [6, 6.07) is 4.75. The highest BCUT2D eigenvalue weighted by molar-refractivity contribution is 5.95. The van der Waals surface area contributed by atoms with Gasteiger partial charge >= 0.3 is 11.6 Å². The molecular formula is C22H28O6. The van der Waals surface area contributed by atoms with Gasteiger partial charge in [-0.1, -0.05) is 27.2 Å². The van der Waals surface area contributed by atoms with Crippen molar-refractivity contribution in [3.63, 3.8) is 0 Å². The SMILES string of the molecule is COc1cc(OC)c2cc(C(=O)OC3CC(C)CCC3C(C)C)c(=O)oc2c1. The van der Waals surface area contributed by atoms with Gasteiger partial charge in [-0.3, -0.25) is 0 Å². The molecule has 1 aliphatic carbocycles. The number of hydrogen-bond acceptors (Lipinski definition) is 6. The molecule has 2 aromatic rings. The van der Waals surface area contributed by atoms with Crippen LogP contribution < -0.4 is 15.1 Å². The number of hydrogen-bond donors (Lipinski definition) is 0. The van der Waals surface area contributed by atoms with Crippen LogP contribution in [-0.2, 0) is 4.74 Å². The lowest BCUT2D eigenvalue weighted by molar-refractivity contribution is -0.0177. The predicted octanol–water partition coefficient (Wildman–Crippen LogP) is 4.43. The number of ether oxygens (including phenoxy) is 3. The van der Waals surface area contributed by atoms with Crippen molar-refractivity contribution in [1.29, 1.82) is 0 Å². The number of rotatable bonds is 5. The number of carbonyl (C=O) groups is 1. The lowest BCUT2D eigenvalue weighted by Gasteiger charge is -2.36. The summed E-state index contributed by atoms with van der Waals surface area (Å²) in [5, 5.41) is 0.521. The second kappa shape index (κ2) is 8.25. The summed E-state index contributed by atoms with van der Waals surface area (Å²) < 4.78 is 21.7. The molecule has 3 atom stereocenters. The maximum atomic E-state index is 12.8. The quantitative estimate of drug-likeness (QED) is 0.557. The summed E-state index contributed by atoms with van der Waals surface area (Å²) in [5.41, 5.74) is -0.543. The van der Waals surface area contributed by atoms with Crippen molar-refractivity contribution in [2.75, 3.05) is 14.2 Å². The molecule has 6 nitrogen and oxygen atoms in total. The Bertz CT molecular complexity index is 913. The largest absolute Gasteiger partial charge is 0.496 e. The molecule has 1 saturated carbocycles. The van der Waals surface area contributed by atoms with Gasteiger partial charge < -0.3 is 18.6 Å². The van der Waals surface area contributed by atoms with Crippen molar-refractivity contribution in [1.82, 2.24) is 0 Å². The highest BCUT2D eigenvalue weighted by Gasteiger charge is 2.34. The van der Waals surface area contributed by atoms with Crippen LogP contribution in [0, 0.1) is 17.8 Å². The van der Waals surface area contributed by atoms with E-state index in [1.54, 1.807) is 12.1 Å². The van der Waals surface area contributed by atoms with Gasteiger partial charge in [-0.25, -0.2) is 9.59 Å². The number of esters is 1. The van der Waals surface area contributed by atoms with Crippen LogP contribution in [0.5, 0.6) is 11.5 Å². The minimum atomic E-state index is -0.724. The van der Waals surface area contributed by atoms with E-state index >= 15 is 0 Å². The van der Waals surface area contributed by atoms with Gasteiger partial charge in [-0.05, 0) is 36.7 Å². The van der Waals surface area contributed by atoms with Gasteiger partial charge in [0, 0.05) is 12.1 Å². The van der Waals surface area contributed by atoms with E-state index in [1.165, 1.54) is 20.3 Å². The van der Waals surface area contributed by atoms with Crippen LogP contribution >= 0.6 is 0 Å². The summed E-state index contributed by atoms with van der Waals surface area (Å²) in [6.07, 6.45) is 2.78. The monoisotopic (exact) mass is 388 g/mol. The summed E-state index contributed by atoms with van der Waals surface area (Å²) in [5.74, 6) is 1.52. The topological polar surface area (TPSA) is 75.0 Å². The number of fused-ring (bicyclic) bond motifs is 1. The smallest absolute Gasteiger partial charge is 0.351 e. The number of methoxy groups -OCH3 is 2. The summed E-state index contributed by atoms with van der Waals surface area (Å²) in [7, 11) is 3.02. The molecule has 1 aliphatic rings. The molecule has 6 heteroatoms. The fraction of sp³-hybridized carbons (Fsp3) is 0.545. The lowest BCUT2D eigenvalue weighted by Crippen LogP contribution is -2.36. The summed E-state index contributed by atoms with van der Waals surface area (Å²) >= 11 is 0. The Labute approximate surface area is 164 Å². The maximum Gasteiger partial charge on any atom is 0.351 e. The molecule has 3 unspecified atom stereocenters. The van der Waals surface area contributed by atoms with Gasteiger partial charge in [0.25, 0.3) is 0 Å². The number of benzene rings is 1. The van der Waals surface area contributed by atoms with Crippen LogP contribution in [0.1, 0.15) is 50.4 Å². The third-order valence-corrected chi connectivity index (χ3v) is 5.68. The van der Waals surface area contributed by atoms with Gasteiger partial charge in [-0.15, -0.1) is 0 Å². The van der Waals surface area contributed by atoms with Crippen LogP contribution in [0.4, 0.5) is 0 Å². The molecule has 0 aliphatic heterocycles. The van der Waals surface area contributed by atoms with Gasteiger partial charge in [-0.2, -0.15) is 0 Å². The van der Waals surface area contributed by atoms with Crippen molar-refractivity contribution in [2.45, 2.75) is 46.1 Å². The molecule has 0 N–H and O–H groups in total. The van der Waals surface area contributed by atoms with Gasteiger partial charge in [0.1, 0.15) is 28.7 Å². The van der Waals surface area contributed by atoms with Gasteiger partial charge in [0.2, 0.25) is 0 Å². The molecule has 152 valence electrons. The normalized spacial score (nSPS) is 22.3. The highest BCUT2D eigenvalue weighted by atomic mass is 16.5. The third kappa shape index (κ3) is 4.01. The molecule has 1 aromatic heterocycles. The Kier molecular flexibility index (Phi) is 5.96. The standard InChI is InChI=1S/C22H28O6/c1-12(2)15-7-6-13(3)8-19(15)27-21(23)17-11-16-18(26-5)9-14(25-4)10-20(16)28-22(17)24/h9-13,15,19H,6-8H2,1-5H3. The van der Waals surface area contributed by atoms with E-state index in [9.17, 15) is 9.59 Å². The first-order valence-corrected chi connectivity index (χ1v) is 9.74. The van der Waals surface area contributed by atoms with E-state index < -0.39 is 11.6 Å². The molecule has 0 amide bonds. The number of carbonyl (C=O) groups excluding carboxylic acids is 1. The van der Waals surface area contributed by atoms with Crippen LogP contribution in [0.3, 0.4) is 0 Å². The molecule has 0 saturated heterocycles. The van der Waals surface area contributed by atoms with Crippen LogP contribution in [-0.4, -0.2) is 26.3 Å². The molecular weight excluding hydrogens is 360 g/mol. The Morgan fingerprint density at radius 2 is 1.89 bits per heavy atom. The van der Waals surface area contributed by atoms with Crippen LogP contribution in [0.15, 0.2) is 27.4 Å². The first-order valence-electron chi connectivity index (χ1n) is 9.74. The average Bonchev–Trinajstić information content (AvgIpc) is 2.66.